The summed E-state index contributed by atoms with van der Waals surface area (Å²) in [6, 6.07) is 20.1. The van der Waals surface area contributed by atoms with E-state index in [0.29, 0.717) is 5.69 Å². The van der Waals surface area contributed by atoms with Gasteiger partial charge < -0.3 is 15.5 Å². The second-order valence-electron chi connectivity index (χ2n) is 5.06. The molecule has 0 fully saturated rings. The van der Waals surface area contributed by atoms with Gasteiger partial charge in [0, 0.05) is 12.6 Å². The van der Waals surface area contributed by atoms with E-state index < -0.39 is 5.97 Å². The van der Waals surface area contributed by atoms with Crippen molar-refractivity contribution in [2.24, 2.45) is 0 Å². The summed E-state index contributed by atoms with van der Waals surface area (Å²) in [7, 11) is 0. The van der Waals surface area contributed by atoms with E-state index in [2.05, 4.69) is 5.32 Å². The number of carbonyl (C=O) groups is 2. The van der Waals surface area contributed by atoms with Gasteiger partial charge in [-0.25, -0.2) is 0 Å². The van der Waals surface area contributed by atoms with Crippen LogP contribution in [-0.4, -0.2) is 22.1 Å². The Morgan fingerprint density at radius 2 is 1.38 bits per heavy atom. The minimum Gasteiger partial charge on any atom is -0.507 e. The van der Waals surface area contributed by atoms with E-state index in [4.69, 9.17) is 9.90 Å². The van der Waals surface area contributed by atoms with E-state index in [0.717, 1.165) is 17.7 Å². The molecule has 3 rings (SSSR count). The van der Waals surface area contributed by atoms with Crippen LogP contribution in [0, 0.1) is 0 Å². The topological polar surface area (TPSA) is 86.6 Å². The molecule has 5 nitrogen and oxygen atoms in total. The number of fused-ring (bicyclic) bond motifs is 1. The Kier molecular flexibility index (Phi) is 5.52. The van der Waals surface area contributed by atoms with Crippen LogP contribution in [0.3, 0.4) is 0 Å². The number of carbonyl (C=O) groups excluding carboxylic acids is 1. The van der Waals surface area contributed by atoms with Crippen LogP contribution in [-0.2, 0) is 4.79 Å². The lowest BCUT2D eigenvalue weighted by Gasteiger charge is -2.08. The van der Waals surface area contributed by atoms with Crippen molar-refractivity contribution in [3.05, 3.63) is 72.3 Å². The minimum absolute atomic E-state index is 0.0165. The van der Waals surface area contributed by atoms with E-state index in [9.17, 15) is 9.90 Å². The number of amides is 1. The predicted octanol–water partition coefficient (Wildman–Crippen LogP) is 3.89. The second kappa shape index (κ2) is 7.78. The third-order valence-corrected chi connectivity index (χ3v) is 3.14. The fraction of sp³-hybridized carbons (Fsp3) is 0.0526. The predicted molar refractivity (Wildman–Crippen MR) is 93.3 cm³/mol. The molecule has 122 valence electrons. The summed E-state index contributed by atoms with van der Waals surface area (Å²) in [5.41, 5.74) is 0.970. The second-order valence-corrected chi connectivity index (χ2v) is 5.06. The molecule has 5 heteroatoms. The first-order valence-corrected chi connectivity index (χ1v) is 7.25. The summed E-state index contributed by atoms with van der Waals surface area (Å²) in [6.45, 7) is 1.08. The number of aliphatic carboxylic acids is 1. The lowest BCUT2D eigenvalue weighted by Crippen LogP contribution is -2.11. The normalized spacial score (nSPS) is 9.71. The first kappa shape index (κ1) is 17.0. The van der Waals surface area contributed by atoms with Crippen molar-refractivity contribution in [2.45, 2.75) is 6.92 Å². The van der Waals surface area contributed by atoms with Crippen molar-refractivity contribution in [1.29, 1.82) is 0 Å². The number of rotatable bonds is 2. The molecular weight excluding hydrogens is 306 g/mol. The number of hydrogen-bond donors (Lipinski definition) is 3. The number of anilines is 1. The van der Waals surface area contributed by atoms with Gasteiger partial charge in [-0.15, -0.1) is 0 Å². The molecule has 0 aliphatic carbocycles. The maximum absolute atomic E-state index is 12.2. The lowest BCUT2D eigenvalue weighted by molar-refractivity contribution is -0.134. The lowest BCUT2D eigenvalue weighted by atomic mass is 10.1. The molecule has 24 heavy (non-hydrogen) atoms. The average molecular weight is 323 g/mol. The van der Waals surface area contributed by atoms with Crippen LogP contribution in [0.1, 0.15) is 17.3 Å². The molecule has 3 aromatic carbocycles. The number of aromatic hydroxyl groups is 1. The highest BCUT2D eigenvalue weighted by Gasteiger charge is 2.12. The molecular formula is C19H17NO4. The molecule has 0 bridgehead atoms. The first-order valence-electron chi connectivity index (χ1n) is 7.25. The molecule has 0 aliphatic rings. The largest absolute Gasteiger partial charge is 0.507 e. The Morgan fingerprint density at radius 3 is 1.96 bits per heavy atom. The third-order valence-electron chi connectivity index (χ3n) is 3.14. The van der Waals surface area contributed by atoms with Crippen LogP contribution in [0.2, 0.25) is 0 Å². The quantitative estimate of drug-likeness (QED) is 0.668. The van der Waals surface area contributed by atoms with E-state index in [-0.39, 0.29) is 17.2 Å². The Morgan fingerprint density at radius 1 is 0.875 bits per heavy atom. The van der Waals surface area contributed by atoms with Crippen LogP contribution in [0.4, 0.5) is 5.69 Å². The van der Waals surface area contributed by atoms with Gasteiger partial charge in [0.1, 0.15) is 5.75 Å². The molecule has 0 aliphatic heterocycles. The fourth-order valence-electron chi connectivity index (χ4n) is 2.13. The Bertz CT molecular complexity index is 856. The van der Waals surface area contributed by atoms with Crippen molar-refractivity contribution in [2.75, 3.05) is 5.32 Å². The number of benzene rings is 3. The zero-order chi connectivity index (χ0) is 17.5. The van der Waals surface area contributed by atoms with E-state index >= 15 is 0 Å². The molecule has 1 amide bonds. The van der Waals surface area contributed by atoms with E-state index in [1.54, 1.807) is 24.3 Å². The number of phenols is 1. The maximum atomic E-state index is 12.2. The van der Waals surface area contributed by atoms with Crippen LogP contribution in [0.15, 0.2) is 66.7 Å². The summed E-state index contributed by atoms with van der Waals surface area (Å²) in [5.74, 6) is -1.17. The summed E-state index contributed by atoms with van der Waals surface area (Å²) >= 11 is 0. The summed E-state index contributed by atoms with van der Waals surface area (Å²) in [4.78, 5) is 21.2. The van der Waals surface area contributed by atoms with Crippen LogP contribution in [0.25, 0.3) is 10.8 Å². The maximum Gasteiger partial charge on any atom is 0.300 e. The number of carboxylic acids is 1. The van der Waals surface area contributed by atoms with Crippen LogP contribution < -0.4 is 5.32 Å². The van der Waals surface area contributed by atoms with Crippen molar-refractivity contribution in [3.63, 3.8) is 0 Å². The van der Waals surface area contributed by atoms with Gasteiger partial charge in [-0.2, -0.15) is 0 Å². The molecule has 3 N–H and O–H groups in total. The highest BCUT2D eigenvalue weighted by molar-refractivity contribution is 6.08. The molecule has 0 saturated heterocycles. The standard InChI is InChI=1S/C17H13NO2.C2H4O2/c19-16-11-13-7-5-4-6-12(13)10-15(16)17(20)18-14-8-2-1-3-9-14;1-2(3)4/h1-11,19H,(H,18,20);1H3,(H,3,4). The highest BCUT2D eigenvalue weighted by Crippen LogP contribution is 2.25. The number of nitrogens with one attached hydrogen (secondary N) is 1. The van der Waals surface area contributed by atoms with Crippen LogP contribution in [0.5, 0.6) is 5.75 Å². The van der Waals surface area contributed by atoms with Gasteiger partial charge in [-0.3, -0.25) is 9.59 Å². The van der Waals surface area contributed by atoms with Gasteiger partial charge in [0.15, 0.2) is 0 Å². The minimum atomic E-state index is -0.833. The summed E-state index contributed by atoms with van der Waals surface area (Å²) in [6.07, 6.45) is 0. The molecule has 0 unspecified atom stereocenters. The van der Waals surface area contributed by atoms with Gasteiger partial charge in [-0.05, 0) is 35.0 Å². The smallest absolute Gasteiger partial charge is 0.300 e. The third kappa shape index (κ3) is 4.58. The van der Waals surface area contributed by atoms with Gasteiger partial charge in [0.2, 0.25) is 0 Å². The fourth-order valence-corrected chi connectivity index (χ4v) is 2.13. The van der Waals surface area contributed by atoms with Gasteiger partial charge >= 0.3 is 0 Å². The summed E-state index contributed by atoms with van der Waals surface area (Å²) in [5, 5.41) is 22.0. The molecule has 0 heterocycles. The molecule has 0 spiro atoms. The van der Waals surface area contributed by atoms with Crippen LogP contribution >= 0.6 is 0 Å². The Labute approximate surface area is 139 Å². The molecule has 0 atom stereocenters. The van der Waals surface area contributed by atoms with Crippen molar-refractivity contribution in [3.8, 4) is 5.75 Å². The SMILES string of the molecule is CC(=O)O.O=C(Nc1ccccc1)c1cc2ccccc2cc1O. The van der Waals surface area contributed by atoms with E-state index in [1.807, 2.05) is 42.5 Å². The number of phenolic OH excluding ortho intramolecular Hbond substituents is 1. The van der Waals surface area contributed by atoms with Crippen molar-refractivity contribution < 1.29 is 19.8 Å². The Hall–Kier alpha value is -3.34. The van der Waals surface area contributed by atoms with Gasteiger partial charge in [-0.1, -0.05) is 42.5 Å². The summed E-state index contributed by atoms with van der Waals surface area (Å²) < 4.78 is 0. The molecule has 0 radical (unpaired) electrons. The van der Waals surface area contributed by atoms with Crippen molar-refractivity contribution in [1.82, 2.24) is 0 Å². The molecule has 0 aromatic heterocycles. The zero-order valence-electron chi connectivity index (χ0n) is 13.1. The van der Waals surface area contributed by atoms with E-state index in [1.165, 1.54) is 0 Å². The monoisotopic (exact) mass is 323 g/mol. The first-order chi connectivity index (χ1) is 11.5. The number of carboxylic acid groups (broad SMARTS) is 1. The zero-order valence-corrected chi connectivity index (χ0v) is 13.1. The Balaban J connectivity index is 0.000000471. The van der Waals surface area contributed by atoms with Gasteiger partial charge in [0.05, 0.1) is 5.56 Å². The van der Waals surface area contributed by atoms with Crippen molar-refractivity contribution >= 4 is 28.3 Å². The number of hydrogen-bond acceptors (Lipinski definition) is 3. The molecule has 0 saturated carbocycles. The van der Waals surface area contributed by atoms with Gasteiger partial charge in [0.25, 0.3) is 11.9 Å². The molecule has 3 aromatic rings. The number of para-hydroxylation sites is 1. The average Bonchev–Trinajstić information content (AvgIpc) is 2.54. The highest BCUT2D eigenvalue weighted by atomic mass is 16.4.